The summed E-state index contributed by atoms with van der Waals surface area (Å²) >= 11 is 0. The number of carbonyl (C=O) groups is 4. The van der Waals surface area contributed by atoms with Crippen molar-refractivity contribution >= 4 is 23.6 Å². The number of aliphatic hydroxyl groups excluding tert-OH is 19. The maximum atomic E-state index is 12.8. The van der Waals surface area contributed by atoms with E-state index in [-0.39, 0.29) is 0 Å². The molecule has 7 heterocycles. The van der Waals surface area contributed by atoms with Crippen LogP contribution in [0.5, 0.6) is 0 Å². The van der Waals surface area contributed by atoms with Crippen molar-refractivity contribution in [3.05, 3.63) is 0 Å². The number of amides is 4. The topological polar surface area (TPSA) is 621 Å². The van der Waals surface area contributed by atoms with E-state index < -0.39 is 285 Å². The summed E-state index contributed by atoms with van der Waals surface area (Å²) in [5.74, 6) is -3.29. The Balaban J connectivity index is 1.20. The predicted octanol–water partition coefficient (Wildman–Crippen LogP) is -15.7. The van der Waals surface area contributed by atoms with Crippen LogP contribution in [0.25, 0.3) is 0 Å². The Kier molecular flexibility index (Phi) is 26.6. The number of ether oxygens (including phenoxy) is 13. The monoisotopic (exact) mass is 1320 g/mol. The van der Waals surface area contributed by atoms with Crippen molar-refractivity contribution in [2.75, 3.05) is 46.2 Å². The molecule has 0 aromatic carbocycles. The van der Waals surface area contributed by atoms with Crippen LogP contribution in [0.15, 0.2) is 0 Å². The summed E-state index contributed by atoms with van der Waals surface area (Å²) in [7, 11) is 0. The maximum absolute atomic E-state index is 12.8. The van der Waals surface area contributed by atoms with E-state index in [1.54, 1.807) is 0 Å². The summed E-state index contributed by atoms with van der Waals surface area (Å²) in [5.41, 5.74) is 0. The molecule has 0 saturated carbocycles. The fourth-order valence-corrected chi connectivity index (χ4v) is 11.5. The van der Waals surface area contributed by atoms with E-state index in [2.05, 4.69) is 21.3 Å². The number of hydrogen-bond acceptors (Lipinski definition) is 36. The van der Waals surface area contributed by atoms with Gasteiger partial charge in [-0.2, -0.15) is 0 Å². The van der Waals surface area contributed by atoms with E-state index in [4.69, 9.17) is 61.6 Å². The van der Waals surface area contributed by atoms with Gasteiger partial charge in [0.2, 0.25) is 23.6 Å². The van der Waals surface area contributed by atoms with Gasteiger partial charge in [0, 0.05) is 27.7 Å². The Morgan fingerprint density at radius 1 is 0.289 bits per heavy atom. The van der Waals surface area contributed by atoms with Gasteiger partial charge in [0.1, 0.15) is 171 Å². The van der Waals surface area contributed by atoms with Crippen LogP contribution < -0.4 is 21.3 Å². The second-order valence-electron chi connectivity index (χ2n) is 22.5. The largest absolute Gasteiger partial charge is 0.394 e. The molecule has 0 unspecified atom stereocenters. The van der Waals surface area contributed by atoms with Crippen molar-refractivity contribution in [3.63, 3.8) is 0 Å². The molecule has 23 N–H and O–H groups in total. The lowest BCUT2D eigenvalue weighted by Gasteiger charge is -2.51. The van der Waals surface area contributed by atoms with Gasteiger partial charge in [-0.05, 0) is 0 Å². The zero-order chi connectivity index (χ0) is 66.5. The highest BCUT2D eigenvalue weighted by Crippen LogP contribution is 2.38. The average Bonchev–Trinajstić information content (AvgIpc) is 0.815. The minimum absolute atomic E-state index is 0.744. The van der Waals surface area contributed by atoms with Crippen molar-refractivity contribution in [3.8, 4) is 0 Å². The average molecular weight is 1320 g/mol. The summed E-state index contributed by atoms with van der Waals surface area (Å²) in [6.45, 7) is -3.00. The molecule has 520 valence electrons. The third kappa shape index (κ3) is 16.4. The highest BCUT2D eigenvalue weighted by molar-refractivity contribution is 5.74. The summed E-state index contributed by atoms with van der Waals surface area (Å²) in [4.78, 5) is 49.8. The molecule has 7 aliphatic heterocycles. The van der Waals surface area contributed by atoms with Gasteiger partial charge in [-0.3, -0.25) is 19.2 Å². The van der Waals surface area contributed by atoms with E-state index in [0.29, 0.717) is 0 Å². The zero-order valence-corrected chi connectivity index (χ0v) is 48.6. The highest BCUT2D eigenvalue weighted by atomic mass is 16.8. The van der Waals surface area contributed by atoms with Gasteiger partial charge in [-0.15, -0.1) is 0 Å². The first-order chi connectivity index (χ1) is 42.5. The molecule has 35 atom stereocenters. The predicted molar refractivity (Wildman–Crippen MR) is 278 cm³/mol. The van der Waals surface area contributed by atoms with E-state index in [0.717, 1.165) is 27.7 Å². The fraction of sp³-hybridized carbons (Fsp3) is 0.920. The normalized spacial score (nSPS) is 47.6. The lowest BCUT2D eigenvalue weighted by molar-refractivity contribution is -0.396. The van der Waals surface area contributed by atoms with E-state index in [1.807, 2.05) is 0 Å². The molecule has 90 heavy (non-hydrogen) atoms. The standard InChI is InChI=1S/C50H84N4O36/c1-12(61)51-23-32(70)39(19(8-58)79-44(23)77)86-46-25(53-14(3)63)34(72)41(21(10-60)83-46)88-49-38(76)42(30(68)22(85-49)11-78-48-37(75)35(73)28(66)17(6-56)81-48)89-50-43(36(74)29(67)18(7-57)82-50)90-47-26(54-15(4)64)33(71)40(20(9-59)84-47)87-45-24(52-13(2)62)31(69)27(65)16(5-55)80-45/h16-50,55-60,65-77H,5-11H2,1-4H3,(H,51,61)(H,52,62)(H,53,63)(H,54,64)/t16-,17-,18-,19-,20-,21-,22-,23-,24-,25-,26-,27+,28-,29-,30-,31-,32-,33-,34-,35+,36+,37+,38+,39-,40-,41-,42+,43+,44-,45+,46+,47+,48+,49+,50-/m1/s1. The van der Waals surface area contributed by atoms with Crippen LogP contribution in [-0.2, 0) is 80.8 Å². The molecule has 0 radical (unpaired) electrons. The molecule has 40 heteroatoms. The summed E-state index contributed by atoms with van der Waals surface area (Å²) < 4.78 is 76.3. The van der Waals surface area contributed by atoms with E-state index in [1.165, 1.54) is 0 Å². The van der Waals surface area contributed by atoms with Crippen LogP contribution in [0.4, 0.5) is 0 Å². The first-order valence-electron chi connectivity index (χ1n) is 28.6. The minimum atomic E-state index is -2.43. The van der Waals surface area contributed by atoms with Crippen molar-refractivity contribution in [2.24, 2.45) is 0 Å². The number of nitrogens with one attached hydrogen (secondary N) is 4. The Morgan fingerprint density at radius 2 is 0.611 bits per heavy atom. The van der Waals surface area contributed by atoms with Gasteiger partial charge >= 0.3 is 0 Å². The first-order valence-corrected chi connectivity index (χ1v) is 28.6. The molecule has 7 aliphatic rings. The third-order valence-corrected chi connectivity index (χ3v) is 16.1. The summed E-state index contributed by atoms with van der Waals surface area (Å²) in [6.07, 6.45) is -61.2. The van der Waals surface area contributed by atoms with Gasteiger partial charge in [0.05, 0.1) is 46.2 Å². The maximum Gasteiger partial charge on any atom is 0.217 e. The molecule has 0 aliphatic carbocycles. The van der Waals surface area contributed by atoms with Gasteiger partial charge in [0.15, 0.2) is 44.0 Å². The lowest BCUT2D eigenvalue weighted by Crippen LogP contribution is -2.71. The highest BCUT2D eigenvalue weighted by Gasteiger charge is 2.59. The molecular weight excluding hydrogens is 1230 g/mol. The molecule has 0 aromatic rings. The Hall–Kier alpha value is -3.40. The van der Waals surface area contributed by atoms with Gasteiger partial charge in [-0.25, -0.2) is 0 Å². The van der Waals surface area contributed by atoms with Crippen molar-refractivity contribution in [1.29, 1.82) is 0 Å². The van der Waals surface area contributed by atoms with Crippen molar-refractivity contribution in [2.45, 2.75) is 242 Å². The number of carbonyl (C=O) groups excluding carboxylic acids is 4. The molecule has 7 fully saturated rings. The third-order valence-electron chi connectivity index (χ3n) is 16.1. The van der Waals surface area contributed by atoms with Gasteiger partial charge < -0.3 is 180 Å². The lowest BCUT2D eigenvalue weighted by atomic mass is 9.93. The smallest absolute Gasteiger partial charge is 0.217 e. The van der Waals surface area contributed by atoms with Crippen LogP contribution in [0, 0.1) is 0 Å². The second-order valence-corrected chi connectivity index (χ2v) is 22.5. The second kappa shape index (κ2) is 32.4. The van der Waals surface area contributed by atoms with Crippen LogP contribution in [0.1, 0.15) is 27.7 Å². The number of hydrogen-bond donors (Lipinski definition) is 23. The summed E-state index contributed by atoms with van der Waals surface area (Å²) in [5, 5.41) is 218. The fourth-order valence-electron chi connectivity index (χ4n) is 11.5. The first kappa shape index (κ1) is 74.0. The molecule has 7 saturated heterocycles. The van der Waals surface area contributed by atoms with Gasteiger partial charge in [-0.1, -0.05) is 0 Å². The number of rotatable bonds is 23. The van der Waals surface area contributed by atoms with Crippen LogP contribution in [0.3, 0.4) is 0 Å². The summed E-state index contributed by atoms with van der Waals surface area (Å²) in [6, 6.07) is -6.88. The van der Waals surface area contributed by atoms with E-state index >= 15 is 0 Å². The molecule has 0 bridgehead atoms. The van der Waals surface area contributed by atoms with Crippen molar-refractivity contribution < 1.29 is 178 Å². The molecule has 7 rings (SSSR count). The Bertz CT molecular complexity index is 2310. The molecule has 0 spiro atoms. The molecule has 40 nitrogen and oxygen atoms in total. The Labute approximate surface area is 510 Å². The molecular formula is C50H84N4O36. The minimum Gasteiger partial charge on any atom is -0.394 e. The Morgan fingerprint density at radius 3 is 1.06 bits per heavy atom. The zero-order valence-electron chi connectivity index (χ0n) is 48.6. The van der Waals surface area contributed by atoms with Crippen LogP contribution in [0.2, 0.25) is 0 Å². The van der Waals surface area contributed by atoms with Crippen LogP contribution in [-0.4, -0.2) is 382 Å². The van der Waals surface area contributed by atoms with Crippen molar-refractivity contribution in [1.82, 2.24) is 21.3 Å². The van der Waals surface area contributed by atoms with Crippen LogP contribution >= 0.6 is 0 Å². The van der Waals surface area contributed by atoms with E-state index in [9.17, 15) is 116 Å². The molecule has 0 aromatic heterocycles. The SMILES string of the molecule is CC(=O)N[C@@H]1[C@@H](O)[C@H](O[C@@H]2O[C@H](CO)[C@@H](O[C@@H]3O[C@H](CO[C@H]4O[C@H](CO)[C@@H](O)[C@H](O)[C@@H]4O)[C@@H](O)[C@H](O[C@H]4O[C@H](CO)[C@@H](O)[C@H](O)[C@@H]4O[C@@H]4O[C@H](CO)[C@@H](O[C@@H]5O[C@H](CO)[C@H](O)[C@H](O)[C@H]5NC(C)=O)[C@H](O)[C@H]4NC(C)=O)[C@@H]3O)[C@H](O)[C@H]2NC(C)=O)[C@@H](CO)O[C@H]1O. The molecule has 4 amide bonds. The van der Waals surface area contributed by atoms with Gasteiger partial charge in [0.25, 0.3) is 0 Å². The quantitative estimate of drug-likeness (QED) is 0.0452. The number of aliphatic hydroxyl groups is 19.